The molecule has 3 aromatic rings. The molecule has 1 aliphatic rings. The van der Waals surface area contributed by atoms with Gasteiger partial charge in [0.25, 0.3) is 0 Å². The van der Waals surface area contributed by atoms with Crippen LogP contribution in [0.25, 0.3) is 11.1 Å². The maximum atomic E-state index is 13.3. The van der Waals surface area contributed by atoms with E-state index in [4.69, 9.17) is 5.41 Å². The van der Waals surface area contributed by atoms with E-state index in [1.54, 1.807) is 6.20 Å². The van der Waals surface area contributed by atoms with Crippen molar-refractivity contribution in [2.45, 2.75) is 38.9 Å². The Balaban J connectivity index is 1.55. The van der Waals surface area contributed by atoms with E-state index in [2.05, 4.69) is 32.8 Å². The summed E-state index contributed by atoms with van der Waals surface area (Å²) in [5, 5.41) is 11.2. The van der Waals surface area contributed by atoms with E-state index < -0.39 is 11.7 Å². The first-order valence-electron chi connectivity index (χ1n) is 11.6. The zero-order chi connectivity index (χ0) is 25.0. The molecule has 182 valence electrons. The molecule has 2 aromatic heterocycles. The van der Waals surface area contributed by atoms with Crippen molar-refractivity contribution in [1.29, 1.82) is 5.41 Å². The van der Waals surface area contributed by atoms with E-state index in [-0.39, 0.29) is 17.2 Å². The Morgan fingerprint density at radius 3 is 2.60 bits per heavy atom. The lowest BCUT2D eigenvalue weighted by molar-refractivity contribution is -0.137. The maximum absolute atomic E-state index is 13.3. The van der Waals surface area contributed by atoms with E-state index in [1.165, 1.54) is 31.5 Å². The van der Waals surface area contributed by atoms with Crippen LogP contribution < -0.4 is 5.32 Å². The first-order valence-corrected chi connectivity index (χ1v) is 11.6. The standard InChI is InChI=1S/C27H28F3N5/c1-18-8-9-21(22-13-20(15-32-16-22)17-35-11-4-3-5-12-35)14-23(18)25(31)19(2)34-26-24(27(28,29)30)7-6-10-33-26/h6-10,13-16,31H,2-5,11-12,17H2,1H3,(H,33,34). The van der Waals surface area contributed by atoms with E-state index in [1.807, 2.05) is 31.3 Å². The Labute approximate surface area is 203 Å². The van der Waals surface area contributed by atoms with E-state index in [0.717, 1.165) is 48.0 Å². The SMILES string of the molecule is C=C(Nc1ncccc1C(F)(F)F)C(=N)c1cc(-c2cncc(CN3CCCCC3)c2)ccc1C. The number of anilines is 1. The third-order valence-corrected chi connectivity index (χ3v) is 6.17. The number of hydrogen-bond donors (Lipinski definition) is 2. The summed E-state index contributed by atoms with van der Waals surface area (Å²) in [7, 11) is 0. The number of nitrogens with zero attached hydrogens (tertiary/aromatic N) is 3. The van der Waals surface area contributed by atoms with Crippen LogP contribution in [0.3, 0.4) is 0 Å². The van der Waals surface area contributed by atoms with Gasteiger partial charge >= 0.3 is 6.18 Å². The molecular weight excluding hydrogens is 451 g/mol. The Kier molecular flexibility index (Phi) is 7.31. The van der Waals surface area contributed by atoms with Gasteiger partial charge in [-0.25, -0.2) is 4.98 Å². The van der Waals surface area contributed by atoms with Gasteiger partial charge in [-0.1, -0.05) is 25.1 Å². The van der Waals surface area contributed by atoms with Crippen molar-refractivity contribution in [2.24, 2.45) is 0 Å². The molecule has 3 heterocycles. The minimum atomic E-state index is -4.57. The largest absolute Gasteiger partial charge is 0.419 e. The second kappa shape index (κ2) is 10.4. The zero-order valence-corrected chi connectivity index (χ0v) is 19.6. The monoisotopic (exact) mass is 479 g/mol. The Morgan fingerprint density at radius 1 is 1.09 bits per heavy atom. The summed E-state index contributed by atoms with van der Waals surface area (Å²) in [6.45, 7) is 8.70. The molecule has 0 saturated carbocycles. The normalized spacial score (nSPS) is 14.5. The number of aryl methyl sites for hydroxylation is 1. The fourth-order valence-electron chi connectivity index (χ4n) is 4.28. The fourth-order valence-corrected chi connectivity index (χ4v) is 4.28. The lowest BCUT2D eigenvalue weighted by Gasteiger charge is -2.26. The predicted octanol–water partition coefficient (Wildman–Crippen LogP) is 6.45. The minimum Gasteiger partial charge on any atom is -0.338 e. The van der Waals surface area contributed by atoms with Crippen LogP contribution in [0.15, 0.2) is 67.3 Å². The summed E-state index contributed by atoms with van der Waals surface area (Å²) >= 11 is 0. The van der Waals surface area contributed by atoms with Crippen molar-refractivity contribution in [2.75, 3.05) is 18.4 Å². The number of aromatic nitrogens is 2. The second-order valence-corrected chi connectivity index (χ2v) is 8.82. The predicted molar refractivity (Wildman–Crippen MR) is 132 cm³/mol. The second-order valence-electron chi connectivity index (χ2n) is 8.82. The van der Waals surface area contributed by atoms with Crippen molar-refractivity contribution in [3.8, 4) is 11.1 Å². The lowest BCUT2D eigenvalue weighted by atomic mass is 9.96. The summed E-state index contributed by atoms with van der Waals surface area (Å²) in [6.07, 6.45) is 4.09. The van der Waals surface area contributed by atoms with Gasteiger partial charge in [-0.05, 0) is 73.8 Å². The molecule has 1 fully saturated rings. The van der Waals surface area contributed by atoms with Gasteiger partial charge in [0.2, 0.25) is 0 Å². The van der Waals surface area contributed by atoms with Crippen LogP contribution in [0, 0.1) is 12.3 Å². The minimum absolute atomic E-state index is 0.000517. The van der Waals surface area contributed by atoms with Gasteiger partial charge in [0.05, 0.1) is 17.0 Å². The van der Waals surface area contributed by atoms with Crippen molar-refractivity contribution >= 4 is 11.5 Å². The van der Waals surface area contributed by atoms with Crippen LogP contribution in [0.4, 0.5) is 19.0 Å². The highest BCUT2D eigenvalue weighted by Gasteiger charge is 2.34. The molecule has 2 N–H and O–H groups in total. The van der Waals surface area contributed by atoms with Gasteiger partial charge in [-0.15, -0.1) is 0 Å². The van der Waals surface area contributed by atoms with Gasteiger partial charge in [0.15, 0.2) is 0 Å². The van der Waals surface area contributed by atoms with Crippen LogP contribution in [-0.4, -0.2) is 33.7 Å². The van der Waals surface area contributed by atoms with Crippen LogP contribution in [0.1, 0.15) is 41.5 Å². The Bertz CT molecular complexity index is 1230. The third-order valence-electron chi connectivity index (χ3n) is 6.17. The molecule has 8 heteroatoms. The average Bonchev–Trinajstić information content (AvgIpc) is 2.84. The summed E-state index contributed by atoms with van der Waals surface area (Å²) in [5.41, 5.74) is 3.45. The maximum Gasteiger partial charge on any atom is 0.419 e. The first-order chi connectivity index (χ1) is 16.7. The van der Waals surface area contributed by atoms with Gasteiger partial charge in [0.1, 0.15) is 5.82 Å². The van der Waals surface area contributed by atoms with Crippen molar-refractivity contribution in [3.63, 3.8) is 0 Å². The van der Waals surface area contributed by atoms with Gasteiger partial charge in [-0.2, -0.15) is 13.2 Å². The number of nitrogens with one attached hydrogen (secondary N) is 2. The highest BCUT2D eigenvalue weighted by atomic mass is 19.4. The number of piperidine rings is 1. The Hall–Kier alpha value is -3.52. The molecule has 1 aromatic carbocycles. The number of allylic oxidation sites excluding steroid dienone is 1. The highest BCUT2D eigenvalue weighted by Crippen LogP contribution is 2.34. The number of pyridine rings is 2. The van der Waals surface area contributed by atoms with Crippen LogP contribution in [0.2, 0.25) is 0 Å². The number of benzene rings is 1. The van der Waals surface area contributed by atoms with Crippen molar-refractivity contribution < 1.29 is 13.2 Å². The molecule has 0 atom stereocenters. The molecule has 5 nitrogen and oxygen atoms in total. The van der Waals surface area contributed by atoms with Gasteiger partial charge in [-0.3, -0.25) is 15.3 Å². The molecule has 0 amide bonds. The number of likely N-dealkylation sites (tertiary alicyclic amines) is 1. The van der Waals surface area contributed by atoms with Crippen LogP contribution >= 0.6 is 0 Å². The zero-order valence-electron chi connectivity index (χ0n) is 19.6. The molecule has 35 heavy (non-hydrogen) atoms. The van der Waals surface area contributed by atoms with Crippen molar-refractivity contribution in [1.82, 2.24) is 14.9 Å². The number of hydrogen-bond acceptors (Lipinski definition) is 5. The van der Waals surface area contributed by atoms with E-state index >= 15 is 0 Å². The lowest BCUT2D eigenvalue weighted by Crippen LogP contribution is -2.29. The average molecular weight is 480 g/mol. The highest BCUT2D eigenvalue weighted by molar-refractivity contribution is 6.13. The molecule has 1 aliphatic heterocycles. The molecule has 0 radical (unpaired) electrons. The quantitative estimate of drug-likeness (QED) is 0.382. The first kappa shape index (κ1) is 24.6. The molecule has 4 rings (SSSR count). The van der Waals surface area contributed by atoms with E-state index in [9.17, 15) is 13.2 Å². The van der Waals surface area contributed by atoms with E-state index in [0.29, 0.717) is 5.56 Å². The molecular formula is C27H28F3N5. The summed E-state index contributed by atoms with van der Waals surface area (Å²) in [4.78, 5) is 10.7. The topological polar surface area (TPSA) is 64.9 Å². The molecule has 0 aliphatic carbocycles. The number of alkyl halides is 3. The molecule has 0 bridgehead atoms. The number of halogens is 3. The molecule has 1 saturated heterocycles. The summed E-state index contributed by atoms with van der Waals surface area (Å²) in [5.74, 6) is -0.377. The fraction of sp³-hybridized carbons (Fsp3) is 0.296. The van der Waals surface area contributed by atoms with Gasteiger partial charge < -0.3 is 5.32 Å². The summed E-state index contributed by atoms with van der Waals surface area (Å²) in [6, 6.07) is 9.99. The molecule has 0 unspecified atom stereocenters. The molecule has 0 spiro atoms. The van der Waals surface area contributed by atoms with Gasteiger partial charge in [0, 0.05) is 36.3 Å². The van der Waals surface area contributed by atoms with Crippen LogP contribution in [0.5, 0.6) is 0 Å². The Morgan fingerprint density at radius 2 is 1.86 bits per heavy atom. The van der Waals surface area contributed by atoms with Crippen LogP contribution in [-0.2, 0) is 12.7 Å². The number of rotatable bonds is 7. The van der Waals surface area contributed by atoms with Crippen molar-refractivity contribution in [3.05, 3.63) is 89.5 Å². The third kappa shape index (κ3) is 5.95. The summed E-state index contributed by atoms with van der Waals surface area (Å²) < 4.78 is 40.0. The smallest absolute Gasteiger partial charge is 0.338 e.